The molecular weight excluding hydrogens is 524 g/mol. The third kappa shape index (κ3) is 13.4. The molecule has 0 fully saturated rings. The Labute approximate surface area is 241 Å². The van der Waals surface area contributed by atoms with Crippen molar-refractivity contribution < 1.29 is 28.7 Å². The summed E-state index contributed by atoms with van der Waals surface area (Å²) in [6.07, 6.45) is 2.71. The SMILES string of the molecule is CC(=O)/C=C/[C@H](CCC(N)=O)NC(=O)[C@H](Cc1ccccc1)NC(=O)[C@H](CC(C)C)NC(=O)OCc1ccccc1. The zero-order valence-corrected chi connectivity index (χ0v) is 23.8. The molecule has 0 spiro atoms. The number of ether oxygens (including phenoxy) is 1. The molecule has 2 aromatic carbocycles. The Morgan fingerprint density at radius 2 is 1.41 bits per heavy atom. The van der Waals surface area contributed by atoms with Crippen molar-refractivity contribution in [3.63, 3.8) is 0 Å². The second-order valence-corrected chi connectivity index (χ2v) is 10.2. The molecule has 0 aliphatic rings. The van der Waals surface area contributed by atoms with Crippen LogP contribution in [0, 0.1) is 5.92 Å². The van der Waals surface area contributed by atoms with Gasteiger partial charge in [-0.05, 0) is 42.9 Å². The molecule has 5 N–H and O–H groups in total. The molecule has 10 heteroatoms. The Morgan fingerprint density at radius 1 is 0.829 bits per heavy atom. The van der Waals surface area contributed by atoms with Crippen LogP contribution in [0.3, 0.4) is 0 Å². The van der Waals surface area contributed by atoms with E-state index in [1.807, 2.05) is 74.5 Å². The number of hydrogen-bond acceptors (Lipinski definition) is 6. The van der Waals surface area contributed by atoms with Gasteiger partial charge < -0.3 is 26.4 Å². The second kappa shape index (κ2) is 17.3. The number of carbonyl (C=O) groups excluding carboxylic acids is 5. The Balaban J connectivity index is 2.19. The number of carbonyl (C=O) groups is 5. The van der Waals surface area contributed by atoms with E-state index in [0.717, 1.165) is 11.1 Å². The fourth-order valence-electron chi connectivity index (χ4n) is 3.99. The van der Waals surface area contributed by atoms with Crippen molar-refractivity contribution in [3.8, 4) is 0 Å². The van der Waals surface area contributed by atoms with Gasteiger partial charge in [0.05, 0.1) is 0 Å². The molecule has 0 unspecified atom stereocenters. The number of nitrogens with two attached hydrogens (primary N) is 1. The van der Waals surface area contributed by atoms with Crippen molar-refractivity contribution in [2.75, 3.05) is 0 Å². The molecular formula is C31H40N4O6. The van der Waals surface area contributed by atoms with Crippen molar-refractivity contribution in [3.05, 3.63) is 83.9 Å². The monoisotopic (exact) mass is 564 g/mol. The largest absolute Gasteiger partial charge is 0.445 e. The molecule has 220 valence electrons. The first-order valence-corrected chi connectivity index (χ1v) is 13.6. The van der Waals surface area contributed by atoms with Crippen molar-refractivity contribution >= 4 is 29.6 Å². The zero-order valence-electron chi connectivity index (χ0n) is 23.8. The van der Waals surface area contributed by atoms with Crippen molar-refractivity contribution in [1.29, 1.82) is 0 Å². The summed E-state index contributed by atoms with van der Waals surface area (Å²) in [5.74, 6) is -1.77. The number of hydrogen-bond donors (Lipinski definition) is 4. The molecule has 3 atom stereocenters. The van der Waals surface area contributed by atoms with Crippen LogP contribution in [0.4, 0.5) is 4.79 Å². The molecule has 2 aromatic rings. The van der Waals surface area contributed by atoms with Gasteiger partial charge in [0.2, 0.25) is 17.7 Å². The van der Waals surface area contributed by atoms with Gasteiger partial charge in [0.25, 0.3) is 0 Å². The van der Waals surface area contributed by atoms with Crippen LogP contribution in [0.15, 0.2) is 72.8 Å². The molecule has 0 bridgehead atoms. The van der Waals surface area contributed by atoms with E-state index < -0.39 is 41.9 Å². The van der Waals surface area contributed by atoms with Gasteiger partial charge in [-0.3, -0.25) is 19.2 Å². The highest BCUT2D eigenvalue weighted by Crippen LogP contribution is 2.10. The van der Waals surface area contributed by atoms with E-state index >= 15 is 0 Å². The summed E-state index contributed by atoms with van der Waals surface area (Å²) >= 11 is 0. The summed E-state index contributed by atoms with van der Waals surface area (Å²) in [5.41, 5.74) is 6.88. The standard InChI is InChI=1S/C31H40N4O6/c1-21(2)18-26(35-31(40)41-20-24-12-8-5-9-13-24)30(39)34-27(19-23-10-6-4-7-11-23)29(38)33-25(15-14-22(3)36)16-17-28(32)37/h4-15,21,25-27H,16-20H2,1-3H3,(H2,32,37)(H,33,38)(H,34,39)(H,35,40)/b15-14+/t25-,26+,27+/m1/s1. The maximum absolute atomic E-state index is 13.4. The van der Waals surface area contributed by atoms with Gasteiger partial charge in [-0.1, -0.05) is 80.6 Å². The van der Waals surface area contributed by atoms with E-state index in [-0.39, 0.29) is 37.6 Å². The van der Waals surface area contributed by atoms with Crippen LogP contribution in [0.1, 0.15) is 51.2 Å². The van der Waals surface area contributed by atoms with Crippen molar-refractivity contribution in [1.82, 2.24) is 16.0 Å². The average molecular weight is 565 g/mol. The number of rotatable bonds is 16. The minimum absolute atomic E-state index is 0.00558. The molecule has 0 aliphatic carbocycles. The lowest BCUT2D eigenvalue weighted by Crippen LogP contribution is -2.55. The Morgan fingerprint density at radius 3 is 1.98 bits per heavy atom. The molecule has 0 heterocycles. The smallest absolute Gasteiger partial charge is 0.408 e. The fourth-order valence-corrected chi connectivity index (χ4v) is 3.99. The molecule has 0 aromatic heterocycles. The van der Waals surface area contributed by atoms with Crippen LogP contribution in [-0.2, 0) is 36.9 Å². The van der Waals surface area contributed by atoms with Gasteiger partial charge in [0, 0.05) is 18.9 Å². The summed E-state index contributed by atoms with van der Waals surface area (Å²) in [4.78, 5) is 62.2. The lowest BCUT2D eigenvalue weighted by molar-refractivity contribution is -0.130. The first-order chi connectivity index (χ1) is 19.5. The molecule has 41 heavy (non-hydrogen) atoms. The number of benzene rings is 2. The van der Waals surface area contributed by atoms with E-state index in [1.54, 1.807) is 0 Å². The summed E-state index contributed by atoms with van der Waals surface area (Å²) in [5, 5.41) is 8.21. The Bertz CT molecular complexity index is 1180. The Kier molecular flexibility index (Phi) is 13.8. The summed E-state index contributed by atoms with van der Waals surface area (Å²) in [6, 6.07) is 15.7. The van der Waals surface area contributed by atoms with E-state index in [4.69, 9.17) is 10.5 Å². The molecule has 0 aliphatic heterocycles. The number of allylic oxidation sites excluding steroid dienone is 1. The number of primary amides is 1. The highest BCUT2D eigenvalue weighted by molar-refractivity contribution is 5.92. The lowest BCUT2D eigenvalue weighted by Gasteiger charge is -2.25. The maximum Gasteiger partial charge on any atom is 0.408 e. The lowest BCUT2D eigenvalue weighted by atomic mass is 10.0. The van der Waals surface area contributed by atoms with Crippen LogP contribution < -0.4 is 21.7 Å². The molecule has 0 radical (unpaired) electrons. The van der Waals surface area contributed by atoms with Gasteiger partial charge >= 0.3 is 6.09 Å². The summed E-state index contributed by atoms with van der Waals surface area (Å²) in [6.45, 7) is 5.24. The topological polar surface area (TPSA) is 157 Å². The van der Waals surface area contributed by atoms with Gasteiger partial charge in [0.1, 0.15) is 18.7 Å². The molecule has 10 nitrogen and oxygen atoms in total. The normalized spacial score (nSPS) is 13.2. The molecule has 0 saturated carbocycles. The Hall–Kier alpha value is -4.47. The van der Waals surface area contributed by atoms with Gasteiger partial charge in [0.15, 0.2) is 5.78 Å². The quantitative estimate of drug-likeness (QED) is 0.230. The number of nitrogens with one attached hydrogen (secondary N) is 3. The van der Waals surface area contributed by atoms with Crippen LogP contribution in [0.5, 0.6) is 0 Å². The van der Waals surface area contributed by atoms with Gasteiger partial charge in [-0.25, -0.2) is 4.79 Å². The minimum Gasteiger partial charge on any atom is -0.445 e. The van der Waals surface area contributed by atoms with E-state index in [9.17, 15) is 24.0 Å². The first kappa shape index (κ1) is 32.7. The fraction of sp³-hybridized carbons (Fsp3) is 0.387. The second-order valence-electron chi connectivity index (χ2n) is 10.2. The summed E-state index contributed by atoms with van der Waals surface area (Å²) in [7, 11) is 0. The zero-order chi connectivity index (χ0) is 30.2. The van der Waals surface area contributed by atoms with Gasteiger partial charge in [-0.15, -0.1) is 0 Å². The van der Waals surface area contributed by atoms with Crippen LogP contribution in [0.2, 0.25) is 0 Å². The first-order valence-electron chi connectivity index (χ1n) is 13.6. The molecule has 0 saturated heterocycles. The maximum atomic E-state index is 13.4. The van der Waals surface area contributed by atoms with Crippen LogP contribution in [-0.4, -0.2) is 47.7 Å². The third-order valence-corrected chi connectivity index (χ3v) is 6.04. The number of ketones is 1. The van der Waals surface area contributed by atoms with E-state index in [1.165, 1.54) is 19.1 Å². The van der Waals surface area contributed by atoms with E-state index in [2.05, 4.69) is 16.0 Å². The molecule has 4 amide bonds. The van der Waals surface area contributed by atoms with Gasteiger partial charge in [-0.2, -0.15) is 0 Å². The van der Waals surface area contributed by atoms with Crippen LogP contribution >= 0.6 is 0 Å². The van der Waals surface area contributed by atoms with E-state index in [0.29, 0.717) is 6.42 Å². The van der Waals surface area contributed by atoms with Crippen molar-refractivity contribution in [2.45, 2.75) is 71.2 Å². The summed E-state index contributed by atoms with van der Waals surface area (Å²) < 4.78 is 5.30. The average Bonchev–Trinajstić information content (AvgIpc) is 2.93. The third-order valence-electron chi connectivity index (χ3n) is 6.04. The number of amides is 4. The highest BCUT2D eigenvalue weighted by atomic mass is 16.5. The van der Waals surface area contributed by atoms with Crippen LogP contribution in [0.25, 0.3) is 0 Å². The predicted molar refractivity (Wildman–Crippen MR) is 155 cm³/mol. The molecule has 2 rings (SSSR count). The van der Waals surface area contributed by atoms with Crippen molar-refractivity contribution in [2.24, 2.45) is 11.7 Å². The minimum atomic E-state index is -1.01. The highest BCUT2D eigenvalue weighted by Gasteiger charge is 2.29. The number of alkyl carbamates (subject to hydrolysis) is 1. The predicted octanol–water partition coefficient (Wildman–Crippen LogP) is 2.95.